The third kappa shape index (κ3) is 2.82. The van der Waals surface area contributed by atoms with E-state index in [-0.39, 0.29) is 5.82 Å². The topological polar surface area (TPSA) is 52.9 Å². The van der Waals surface area contributed by atoms with Gasteiger partial charge in [0.15, 0.2) is 0 Å². The van der Waals surface area contributed by atoms with Gasteiger partial charge in [0.2, 0.25) is 5.91 Å². The van der Waals surface area contributed by atoms with Crippen molar-refractivity contribution in [3.63, 3.8) is 0 Å². The van der Waals surface area contributed by atoms with Crippen molar-refractivity contribution in [1.82, 2.24) is 0 Å². The number of halogens is 1. The number of hydrogen-bond acceptors (Lipinski definition) is 2. The highest BCUT2D eigenvalue weighted by Crippen LogP contribution is 2.23. The molecule has 0 heterocycles. The molecule has 4 heteroatoms. The molecule has 0 saturated carbocycles. The molecule has 0 spiro atoms. The number of aryl methyl sites for hydroxylation is 1. The van der Waals surface area contributed by atoms with E-state index in [1.165, 1.54) is 6.07 Å². The number of hydrogen-bond donors (Lipinski definition) is 1. The Balaban J connectivity index is 2.89. The number of nitrogens with one attached hydrogen (secondary N) is 1. The van der Waals surface area contributed by atoms with Gasteiger partial charge in [-0.2, -0.15) is 5.26 Å². The first-order valence-electron chi connectivity index (χ1n) is 5.42. The zero-order chi connectivity index (χ0) is 13.1. The summed E-state index contributed by atoms with van der Waals surface area (Å²) in [5.41, 5.74) is -0.198. The third-order valence-corrected chi connectivity index (χ3v) is 2.88. The maximum Gasteiger partial charge on any atom is 0.244 e. The number of anilines is 1. The van der Waals surface area contributed by atoms with E-state index < -0.39 is 11.3 Å². The normalized spacial score (nSPS) is 13.6. The number of nitriles is 1. The van der Waals surface area contributed by atoms with Crippen LogP contribution in [0.5, 0.6) is 0 Å². The van der Waals surface area contributed by atoms with Crippen LogP contribution >= 0.6 is 0 Å². The van der Waals surface area contributed by atoms with E-state index >= 15 is 0 Å². The summed E-state index contributed by atoms with van der Waals surface area (Å²) >= 11 is 0. The Morgan fingerprint density at radius 3 is 2.71 bits per heavy atom. The molecule has 17 heavy (non-hydrogen) atoms. The fourth-order valence-corrected chi connectivity index (χ4v) is 1.23. The monoisotopic (exact) mass is 234 g/mol. The lowest BCUT2D eigenvalue weighted by Crippen LogP contribution is -2.31. The molecule has 0 aromatic heterocycles. The van der Waals surface area contributed by atoms with Gasteiger partial charge in [-0.1, -0.05) is 13.0 Å². The molecule has 0 aliphatic carbocycles. The molecular weight excluding hydrogens is 219 g/mol. The van der Waals surface area contributed by atoms with Gasteiger partial charge < -0.3 is 5.32 Å². The summed E-state index contributed by atoms with van der Waals surface area (Å²) in [4.78, 5) is 11.8. The smallest absolute Gasteiger partial charge is 0.244 e. The zero-order valence-corrected chi connectivity index (χ0v) is 10.2. The number of carbonyl (C=O) groups is 1. The molecule has 1 aromatic rings. The van der Waals surface area contributed by atoms with E-state index in [2.05, 4.69) is 5.32 Å². The Morgan fingerprint density at radius 1 is 1.59 bits per heavy atom. The van der Waals surface area contributed by atoms with E-state index in [4.69, 9.17) is 5.26 Å². The second-order valence-corrected chi connectivity index (χ2v) is 4.22. The Hall–Kier alpha value is -1.89. The molecule has 1 N–H and O–H groups in total. The van der Waals surface area contributed by atoms with Crippen molar-refractivity contribution < 1.29 is 9.18 Å². The minimum Gasteiger partial charge on any atom is -0.325 e. The van der Waals surface area contributed by atoms with Gasteiger partial charge in [0.1, 0.15) is 11.2 Å². The maximum atomic E-state index is 13.3. The Kier molecular flexibility index (Phi) is 3.84. The molecule has 0 fully saturated rings. The standard InChI is InChI=1S/C13H15FN2O/c1-4-13(3,8-15)12(17)16-10-6-5-9(2)11(14)7-10/h5-7H,4H2,1-3H3,(H,16,17). The van der Waals surface area contributed by atoms with E-state index in [1.54, 1.807) is 32.9 Å². The van der Waals surface area contributed by atoms with Crippen molar-refractivity contribution >= 4 is 11.6 Å². The zero-order valence-electron chi connectivity index (χ0n) is 10.2. The number of rotatable bonds is 3. The highest BCUT2D eigenvalue weighted by molar-refractivity contribution is 5.96. The van der Waals surface area contributed by atoms with Crippen molar-refractivity contribution in [2.45, 2.75) is 27.2 Å². The predicted octanol–water partition coefficient (Wildman–Crippen LogP) is 3.01. The van der Waals surface area contributed by atoms with Gasteiger partial charge in [0.05, 0.1) is 6.07 Å². The predicted molar refractivity (Wildman–Crippen MR) is 63.8 cm³/mol. The fourth-order valence-electron chi connectivity index (χ4n) is 1.23. The Bertz CT molecular complexity index is 479. The molecule has 1 rings (SSSR count). The largest absolute Gasteiger partial charge is 0.325 e. The molecular formula is C13H15FN2O. The van der Waals surface area contributed by atoms with Crippen LogP contribution in [0.25, 0.3) is 0 Å². The summed E-state index contributed by atoms with van der Waals surface area (Å²) in [6.07, 6.45) is 0.406. The Morgan fingerprint density at radius 2 is 2.24 bits per heavy atom. The summed E-state index contributed by atoms with van der Waals surface area (Å²) in [5.74, 6) is -0.788. The Labute approximate surface area is 100 Å². The molecule has 90 valence electrons. The number of benzene rings is 1. The van der Waals surface area contributed by atoms with Crippen molar-refractivity contribution in [3.8, 4) is 6.07 Å². The number of amides is 1. The first-order valence-corrected chi connectivity index (χ1v) is 5.42. The SMILES string of the molecule is CCC(C)(C#N)C(=O)Nc1ccc(C)c(F)c1. The van der Waals surface area contributed by atoms with E-state index in [1.807, 2.05) is 6.07 Å². The van der Waals surface area contributed by atoms with Crippen LogP contribution < -0.4 is 5.32 Å². The molecule has 0 aliphatic rings. The van der Waals surface area contributed by atoms with Gasteiger partial charge in [0.25, 0.3) is 0 Å². The van der Waals surface area contributed by atoms with Gasteiger partial charge in [-0.15, -0.1) is 0 Å². The van der Waals surface area contributed by atoms with Crippen LogP contribution in [0, 0.1) is 29.5 Å². The minimum absolute atomic E-state index is 0.369. The molecule has 0 saturated heterocycles. The van der Waals surface area contributed by atoms with Gasteiger partial charge in [-0.25, -0.2) is 4.39 Å². The number of carbonyl (C=O) groups excluding carboxylic acids is 1. The van der Waals surface area contributed by atoms with Gasteiger partial charge in [0, 0.05) is 5.69 Å². The van der Waals surface area contributed by atoms with Gasteiger partial charge in [-0.3, -0.25) is 4.79 Å². The first-order chi connectivity index (χ1) is 7.92. The van der Waals surface area contributed by atoms with Crippen LogP contribution in [-0.4, -0.2) is 5.91 Å². The summed E-state index contributed by atoms with van der Waals surface area (Å²) in [7, 11) is 0. The maximum absolute atomic E-state index is 13.3. The highest BCUT2D eigenvalue weighted by atomic mass is 19.1. The lowest BCUT2D eigenvalue weighted by Gasteiger charge is -2.18. The average molecular weight is 234 g/mol. The van der Waals surface area contributed by atoms with Crippen LogP contribution in [-0.2, 0) is 4.79 Å². The quantitative estimate of drug-likeness (QED) is 0.874. The van der Waals surface area contributed by atoms with Crippen LogP contribution in [0.15, 0.2) is 18.2 Å². The van der Waals surface area contributed by atoms with Crippen molar-refractivity contribution in [3.05, 3.63) is 29.6 Å². The van der Waals surface area contributed by atoms with Crippen LogP contribution in [0.4, 0.5) is 10.1 Å². The summed E-state index contributed by atoms with van der Waals surface area (Å²) in [5, 5.41) is 11.5. The van der Waals surface area contributed by atoms with Crippen LogP contribution in [0.2, 0.25) is 0 Å². The summed E-state index contributed by atoms with van der Waals surface area (Å²) in [6, 6.07) is 6.42. The van der Waals surface area contributed by atoms with E-state index in [0.717, 1.165) is 0 Å². The van der Waals surface area contributed by atoms with Crippen molar-refractivity contribution in [2.24, 2.45) is 5.41 Å². The van der Waals surface area contributed by atoms with Gasteiger partial charge in [-0.05, 0) is 38.0 Å². The number of nitrogens with zero attached hydrogens (tertiary/aromatic N) is 1. The second kappa shape index (κ2) is 4.96. The van der Waals surface area contributed by atoms with E-state index in [9.17, 15) is 9.18 Å². The highest BCUT2D eigenvalue weighted by Gasteiger charge is 2.31. The van der Waals surface area contributed by atoms with Crippen LogP contribution in [0.1, 0.15) is 25.8 Å². The second-order valence-electron chi connectivity index (χ2n) is 4.22. The molecule has 1 amide bonds. The molecule has 0 aliphatic heterocycles. The fraction of sp³-hybridized carbons (Fsp3) is 0.385. The molecule has 1 atom stereocenters. The summed E-state index contributed by atoms with van der Waals surface area (Å²) in [6.45, 7) is 4.97. The van der Waals surface area contributed by atoms with E-state index in [0.29, 0.717) is 17.7 Å². The molecule has 1 aromatic carbocycles. The first kappa shape index (κ1) is 13.2. The van der Waals surface area contributed by atoms with Crippen molar-refractivity contribution in [2.75, 3.05) is 5.32 Å². The lowest BCUT2D eigenvalue weighted by atomic mass is 9.88. The van der Waals surface area contributed by atoms with Crippen LogP contribution in [0.3, 0.4) is 0 Å². The third-order valence-electron chi connectivity index (χ3n) is 2.88. The molecule has 0 bridgehead atoms. The van der Waals surface area contributed by atoms with Gasteiger partial charge >= 0.3 is 0 Å². The minimum atomic E-state index is -1.08. The molecule has 3 nitrogen and oxygen atoms in total. The summed E-state index contributed by atoms with van der Waals surface area (Å²) < 4.78 is 13.3. The average Bonchev–Trinajstić information content (AvgIpc) is 2.32. The lowest BCUT2D eigenvalue weighted by molar-refractivity contribution is -0.122. The molecule has 1 unspecified atom stereocenters. The van der Waals surface area contributed by atoms with Crippen molar-refractivity contribution in [1.29, 1.82) is 5.26 Å². The molecule has 0 radical (unpaired) electrons.